The van der Waals surface area contributed by atoms with Crippen LogP contribution in [0.5, 0.6) is 0 Å². The number of nitrogens with zero attached hydrogens (tertiary/aromatic N) is 3. The first-order valence-electron chi connectivity index (χ1n) is 6.91. The van der Waals surface area contributed by atoms with E-state index in [1.165, 1.54) is 6.07 Å². The van der Waals surface area contributed by atoms with Crippen molar-refractivity contribution in [2.75, 3.05) is 0 Å². The van der Waals surface area contributed by atoms with Gasteiger partial charge in [-0.25, -0.2) is 9.97 Å². The molecule has 0 radical (unpaired) electrons. The van der Waals surface area contributed by atoms with Gasteiger partial charge in [0.2, 0.25) is 0 Å². The molecule has 3 nitrogen and oxygen atoms in total. The van der Waals surface area contributed by atoms with E-state index in [4.69, 9.17) is 0 Å². The van der Waals surface area contributed by atoms with Crippen LogP contribution in [0, 0.1) is 6.92 Å². The van der Waals surface area contributed by atoms with Crippen LogP contribution < -0.4 is 0 Å². The zero-order valence-electron chi connectivity index (χ0n) is 12.1. The molecule has 2 aromatic heterocycles. The van der Waals surface area contributed by atoms with Crippen molar-refractivity contribution in [1.29, 1.82) is 0 Å². The van der Waals surface area contributed by atoms with E-state index in [2.05, 4.69) is 9.97 Å². The predicted octanol–water partition coefficient (Wildman–Crippen LogP) is 4.31. The van der Waals surface area contributed by atoms with Crippen molar-refractivity contribution >= 4 is 11.0 Å². The Kier molecular flexibility index (Phi) is 3.39. The summed E-state index contributed by atoms with van der Waals surface area (Å²) < 4.78 is 40.6. The van der Waals surface area contributed by atoms with E-state index in [9.17, 15) is 13.2 Å². The lowest BCUT2D eigenvalue weighted by molar-refractivity contribution is -0.137. The Morgan fingerprint density at radius 1 is 1.18 bits per heavy atom. The summed E-state index contributed by atoms with van der Waals surface area (Å²) in [5.74, 6) is 0.585. The third-order valence-corrected chi connectivity index (χ3v) is 3.53. The molecule has 114 valence electrons. The van der Waals surface area contributed by atoms with E-state index in [1.54, 1.807) is 23.8 Å². The first-order chi connectivity index (χ1) is 10.4. The molecule has 0 saturated carbocycles. The maximum atomic E-state index is 12.9. The second-order valence-corrected chi connectivity index (χ2v) is 5.07. The topological polar surface area (TPSA) is 30.7 Å². The smallest absolute Gasteiger partial charge is 0.298 e. The summed E-state index contributed by atoms with van der Waals surface area (Å²) in [6.07, 6.45) is -1.98. The summed E-state index contributed by atoms with van der Waals surface area (Å²) in [6.45, 7) is 3.72. The van der Waals surface area contributed by atoms with Gasteiger partial charge in [-0.3, -0.25) is 4.57 Å². The van der Waals surface area contributed by atoms with Crippen LogP contribution in [0.3, 0.4) is 0 Å². The number of fused-ring (bicyclic) bond motifs is 1. The maximum Gasteiger partial charge on any atom is 0.416 e. The van der Waals surface area contributed by atoms with Crippen molar-refractivity contribution in [3.8, 4) is 5.69 Å². The lowest BCUT2D eigenvalue weighted by atomic mass is 10.2. The standard InChI is InChI=1S/C16H14F3N3/c1-3-13-7-11-9-20-10(2)21-15(11)22(13)14-6-4-5-12(8-14)16(17,18)19/h4-9H,3H2,1-2H3. The summed E-state index contributed by atoms with van der Waals surface area (Å²) in [5.41, 5.74) is 1.32. The Labute approximate surface area is 125 Å². The van der Waals surface area contributed by atoms with Gasteiger partial charge in [0.1, 0.15) is 11.5 Å². The summed E-state index contributed by atoms with van der Waals surface area (Å²) in [4.78, 5) is 8.53. The van der Waals surface area contributed by atoms with Crippen molar-refractivity contribution in [2.24, 2.45) is 0 Å². The highest BCUT2D eigenvalue weighted by Gasteiger charge is 2.30. The molecule has 0 spiro atoms. The third kappa shape index (κ3) is 2.45. The van der Waals surface area contributed by atoms with Crippen molar-refractivity contribution in [3.63, 3.8) is 0 Å². The number of hydrogen-bond donors (Lipinski definition) is 0. The average Bonchev–Trinajstić information content (AvgIpc) is 2.84. The molecule has 0 aliphatic rings. The predicted molar refractivity (Wildman–Crippen MR) is 78.0 cm³/mol. The number of benzene rings is 1. The number of aryl methyl sites for hydroxylation is 2. The first-order valence-corrected chi connectivity index (χ1v) is 6.91. The molecule has 0 atom stereocenters. The second-order valence-electron chi connectivity index (χ2n) is 5.07. The maximum absolute atomic E-state index is 12.9. The van der Waals surface area contributed by atoms with Crippen LogP contribution in [0.1, 0.15) is 24.0 Å². The van der Waals surface area contributed by atoms with E-state index >= 15 is 0 Å². The molecule has 0 N–H and O–H groups in total. The van der Waals surface area contributed by atoms with Crippen LogP contribution in [-0.4, -0.2) is 14.5 Å². The minimum absolute atomic E-state index is 0.458. The molecule has 0 bridgehead atoms. The van der Waals surface area contributed by atoms with Crippen molar-refractivity contribution in [1.82, 2.24) is 14.5 Å². The van der Waals surface area contributed by atoms with Gasteiger partial charge >= 0.3 is 6.18 Å². The number of rotatable bonds is 2. The van der Waals surface area contributed by atoms with Gasteiger partial charge in [0.15, 0.2) is 0 Å². The van der Waals surface area contributed by atoms with Gasteiger partial charge < -0.3 is 0 Å². The Balaban J connectivity index is 2.27. The molecule has 3 aromatic rings. The first kappa shape index (κ1) is 14.6. The summed E-state index contributed by atoms with van der Waals surface area (Å²) >= 11 is 0. The highest BCUT2D eigenvalue weighted by molar-refractivity contribution is 5.79. The molecule has 0 saturated heterocycles. The third-order valence-electron chi connectivity index (χ3n) is 3.53. The normalized spacial score (nSPS) is 12.0. The molecule has 0 aliphatic heterocycles. The Morgan fingerprint density at radius 3 is 2.64 bits per heavy atom. The van der Waals surface area contributed by atoms with Crippen molar-refractivity contribution in [2.45, 2.75) is 26.4 Å². The summed E-state index contributed by atoms with van der Waals surface area (Å²) in [7, 11) is 0. The zero-order chi connectivity index (χ0) is 15.9. The molecular weight excluding hydrogens is 291 g/mol. The summed E-state index contributed by atoms with van der Waals surface area (Å²) in [5, 5.41) is 0.819. The van der Waals surface area contributed by atoms with Gasteiger partial charge in [-0.15, -0.1) is 0 Å². The minimum atomic E-state index is -4.36. The van der Waals surface area contributed by atoms with Crippen LogP contribution in [0.2, 0.25) is 0 Å². The van der Waals surface area contributed by atoms with Crippen molar-refractivity contribution in [3.05, 3.63) is 53.6 Å². The fourth-order valence-electron chi connectivity index (χ4n) is 2.50. The van der Waals surface area contributed by atoms with Crippen LogP contribution in [0.15, 0.2) is 36.5 Å². The van der Waals surface area contributed by atoms with Gasteiger partial charge in [-0.1, -0.05) is 13.0 Å². The second kappa shape index (κ2) is 5.12. The highest BCUT2D eigenvalue weighted by atomic mass is 19.4. The van der Waals surface area contributed by atoms with Gasteiger partial charge in [0.25, 0.3) is 0 Å². The molecule has 1 aromatic carbocycles. The van der Waals surface area contributed by atoms with Crippen LogP contribution in [0.4, 0.5) is 13.2 Å². The number of hydrogen-bond acceptors (Lipinski definition) is 2. The van der Waals surface area contributed by atoms with E-state index < -0.39 is 11.7 Å². The fourth-order valence-corrected chi connectivity index (χ4v) is 2.50. The van der Waals surface area contributed by atoms with Gasteiger partial charge in [-0.05, 0) is 37.6 Å². The van der Waals surface area contributed by atoms with Gasteiger partial charge in [0, 0.05) is 23.0 Å². The average molecular weight is 305 g/mol. The SMILES string of the molecule is CCc1cc2cnc(C)nc2n1-c1cccc(C(F)(F)F)c1. The van der Waals surface area contributed by atoms with Crippen LogP contribution in [0.25, 0.3) is 16.7 Å². The fraction of sp³-hybridized carbons (Fsp3) is 0.250. The van der Waals surface area contributed by atoms with E-state index in [0.29, 0.717) is 23.6 Å². The van der Waals surface area contributed by atoms with Crippen molar-refractivity contribution < 1.29 is 13.2 Å². The quantitative estimate of drug-likeness (QED) is 0.706. The lowest BCUT2D eigenvalue weighted by Gasteiger charge is -2.12. The molecule has 2 heterocycles. The molecular formula is C16H14F3N3. The van der Waals surface area contributed by atoms with E-state index in [-0.39, 0.29) is 0 Å². The van der Waals surface area contributed by atoms with Crippen LogP contribution in [-0.2, 0) is 12.6 Å². The Morgan fingerprint density at radius 2 is 1.95 bits per heavy atom. The Bertz CT molecular complexity index is 834. The molecule has 0 unspecified atom stereocenters. The lowest BCUT2D eigenvalue weighted by Crippen LogP contribution is -2.07. The summed E-state index contributed by atoms with van der Waals surface area (Å²) in [6, 6.07) is 7.20. The number of aromatic nitrogens is 3. The molecule has 0 amide bonds. The molecule has 6 heteroatoms. The molecule has 3 rings (SSSR count). The molecule has 0 aliphatic carbocycles. The number of halogens is 3. The highest BCUT2D eigenvalue weighted by Crippen LogP contribution is 2.31. The Hall–Kier alpha value is -2.37. The van der Waals surface area contributed by atoms with E-state index in [1.807, 2.05) is 13.0 Å². The molecule has 22 heavy (non-hydrogen) atoms. The monoisotopic (exact) mass is 305 g/mol. The molecule has 0 fully saturated rings. The van der Waals surface area contributed by atoms with Gasteiger partial charge in [0.05, 0.1) is 5.56 Å². The minimum Gasteiger partial charge on any atom is -0.298 e. The largest absolute Gasteiger partial charge is 0.416 e. The van der Waals surface area contributed by atoms with Crippen LogP contribution >= 0.6 is 0 Å². The number of alkyl halides is 3. The van der Waals surface area contributed by atoms with E-state index in [0.717, 1.165) is 23.2 Å². The van der Waals surface area contributed by atoms with Gasteiger partial charge in [-0.2, -0.15) is 13.2 Å². The zero-order valence-corrected chi connectivity index (χ0v) is 12.1.